The van der Waals surface area contributed by atoms with Crippen LogP contribution in [0.2, 0.25) is 0 Å². The number of ether oxygens (including phenoxy) is 2. The first-order valence-corrected chi connectivity index (χ1v) is 7.40. The topological polar surface area (TPSA) is 30.5 Å². The summed E-state index contributed by atoms with van der Waals surface area (Å²) in [5.74, 6) is 1.31. The molecule has 0 heterocycles. The Morgan fingerprint density at radius 2 is 2.16 bits per heavy atom. The molecule has 0 bridgehead atoms. The zero-order chi connectivity index (χ0) is 14.3. The first kappa shape index (κ1) is 16.6. The molecule has 1 aromatic rings. The summed E-state index contributed by atoms with van der Waals surface area (Å²) in [5.41, 5.74) is 2.38. The second-order valence-corrected chi connectivity index (χ2v) is 5.27. The summed E-state index contributed by atoms with van der Waals surface area (Å²) >= 11 is 14.8. The first-order valence-electron chi connectivity index (χ1n) is 5.79. The molecule has 3 nitrogen and oxygen atoms in total. The van der Waals surface area contributed by atoms with Crippen LogP contribution in [0.4, 0.5) is 0 Å². The van der Waals surface area contributed by atoms with Gasteiger partial charge >= 0.3 is 0 Å². The van der Waals surface area contributed by atoms with E-state index >= 15 is 0 Å². The zero-order valence-electron chi connectivity index (χ0n) is 10.8. The van der Waals surface area contributed by atoms with Crippen LogP contribution in [0.5, 0.6) is 11.5 Å². The molecule has 6 heteroatoms. The van der Waals surface area contributed by atoms with Crippen LogP contribution < -0.4 is 14.8 Å². The summed E-state index contributed by atoms with van der Waals surface area (Å²) in [6.45, 7) is 3.44. The van der Waals surface area contributed by atoms with Gasteiger partial charge in [-0.2, -0.15) is 0 Å². The van der Waals surface area contributed by atoms with Gasteiger partial charge in [-0.15, -0.1) is 0 Å². The SMILES string of the molecule is CCOc1cc(CNC)cc(Br)c1OCC(Cl)=CCl. The summed E-state index contributed by atoms with van der Waals surface area (Å²) in [7, 11) is 1.89. The lowest BCUT2D eigenvalue weighted by molar-refractivity contribution is 0.293. The predicted molar refractivity (Wildman–Crippen MR) is 83.4 cm³/mol. The van der Waals surface area contributed by atoms with E-state index in [1.54, 1.807) is 0 Å². The molecular formula is C13H16BrCl2NO2. The van der Waals surface area contributed by atoms with Crippen molar-refractivity contribution in [2.24, 2.45) is 0 Å². The lowest BCUT2D eigenvalue weighted by Gasteiger charge is -2.15. The van der Waals surface area contributed by atoms with Crippen molar-refractivity contribution in [2.75, 3.05) is 20.3 Å². The molecule has 0 radical (unpaired) electrons. The Morgan fingerprint density at radius 1 is 1.42 bits per heavy atom. The van der Waals surface area contributed by atoms with Crippen LogP contribution in [0.15, 0.2) is 27.2 Å². The average Bonchev–Trinajstić information content (AvgIpc) is 2.38. The molecule has 1 N–H and O–H groups in total. The average molecular weight is 369 g/mol. The van der Waals surface area contributed by atoms with Gasteiger partial charge in [-0.1, -0.05) is 23.2 Å². The third-order valence-corrected chi connectivity index (χ3v) is 3.41. The molecule has 0 fully saturated rings. The molecule has 0 spiro atoms. The van der Waals surface area contributed by atoms with E-state index in [4.69, 9.17) is 32.7 Å². The van der Waals surface area contributed by atoms with Gasteiger partial charge < -0.3 is 14.8 Å². The highest BCUT2D eigenvalue weighted by Crippen LogP contribution is 2.37. The minimum Gasteiger partial charge on any atom is -0.490 e. The van der Waals surface area contributed by atoms with Gasteiger partial charge in [0.25, 0.3) is 0 Å². The quantitative estimate of drug-likeness (QED) is 0.779. The monoisotopic (exact) mass is 367 g/mol. The van der Waals surface area contributed by atoms with Gasteiger partial charge in [0.2, 0.25) is 0 Å². The van der Waals surface area contributed by atoms with Crippen molar-refractivity contribution >= 4 is 39.1 Å². The Balaban J connectivity index is 2.99. The Bertz CT molecular complexity index is 453. The van der Waals surface area contributed by atoms with Crippen molar-refractivity contribution in [2.45, 2.75) is 13.5 Å². The van der Waals surface area contributed by atoms with Gasteiger partial charge in [0, 0.05) is 12.1 Å². The van der Waals surface area contributed by atoms with Gasteiger partial charge in [-0.3, -0.25) is 0 Å². The number of hydrogen-bond donors (Lipinski definition) is 1. The highest BCUT2D eigenvalue weighted by Gasteiger charge is 2.12. The highest BCUT2D eigenvalue weighted by molar-refractivity contribution is 9.10. The van der Waals surface area contributed by atoms with Crippen LogP contribution in [0, 0.1) is 0 Å². The first-order chi connectivity index (χ1) is 9.12. The maximum Gasteiger partial charge on any atom is 0.175 e. The molecular weight excluding hydrogens is 353 g/mol. The van der Waals surface area contributed by atoms with E-state index in [0.29, 0.717) is 23.1 Å². The van der Waals surface area contributed by atoms with Crippen LogP contribution in [-0.4, -0.2) is 20.3 Å². The predicted octanol–water partition coefficient (Wildman–Crippen LogP) is 4.27. The summed E-state index contributed by atoms with van der Waals surface area (Å²) in [6.07, 6.45) is 0. The second-order valence-electron chi connectivity index (χ2n) is 3.71. The van der Waals surface area contributed by atoms with E-state index in [0.717, 1.165) is 16.6 Å². The van der Waals surface area contributed by atoms with E-state index in [9.17, 15) is 0 Å². The smallest absolute Gasteiger partial charge is 0.175 e. The van der Waals surface area contributed by atoms with E-state index < -0.39 is 0 Å². The Kier molecular flexibility index (Phi) is 7.61. The molecule has 0 aliphatic rings. The number of nitrogens with one attached hydrogen (secondary N) is 1. The Labute approximate surface area is 132 Å². The summed E-state index contributed by atoms with van der Waals surface area (Å²) < 4.78 is 12.0. The molecule has 0 aliphatic heterocycles. The van der Waals surface area contributed by atoms with Gasteiger partial charge in [0.05, 0.1) is 16.1 Å². The minimum atomic E-state index is 0.203. The van der Waals surface area contributed by atoms with Gasteiger partial charge in [0.15, 0.2) is 11.5 Å². The fourth-order valence-electron chi connectivity index (χ4n) is 1.50. The van der Waals surface area contributed by atoms with Crippen molar-refractivity contribution < 1.29 is 9.47 Å². The largest absolute Gasteiger partial charge is 0.490 e. The summed E-state index contributed by atoms with van der Waals surface area (Å²) in [6, 6.07) is 3.92. The molecule has 0 saturated carbocycles. The van der Waals surface area contributed by atoms with Crippen molar-refractivity contribution in [1.82, 2.24) is 5.32 Å². The minimum absolute atomic E-state index is 0.203. The number of halogens is 3. The maximum absolute atomic E-state index is 5.82. The van der Waals surface area contributed by atoms with Gasteiger partial charge in [-0.05, 0) is 47.6 Å². The lowest BCUT2D eigenvalue weighted by Crippen LogP contribution is -2.07. The van der Waals surface area contributed by atoms with Crippen molar-refractivity contribution in [3.63, 3.8) is 0 Å². The molecule has 106 valence electrons. The molecule has 0 aromatic heterocycles. The zero-order valence-corrected chi connectivity index (χ0v) is 13.9. The summed E-state index contributed by atoms with van der Waals surface area (Å²) in [5, 5.41) is 3.52. The Morgan fingerprint density at radius 3 is 2.74 bits per heavy atom. The standard InChI is InChI=1S/C13H16BrCl2NO2/c1-3-18-12-5-9(7-17-2)4-11(14)13(12)19-8-10(16)6-15/h4-6,17H,3,7-8H2,1-2H3. The number of rotatable bonds is 7. The summed E-state index contributed by atoms with van der Waals surface area (Å²) in [4.78, 5) is 0. The van der Waals surface area contributed by atoms with Crippen molar-refractivity contribution in [3.05, 3.63) is 32.7 Å². The molecule has 0 saturated heterocycles. The van der Waals surface area contributed by atoms with Gasteiger partial charge in [-0.25, -0.2) is 0 Å². The van der Waals surface area contributed by atoms with Crippen molar-refractivity contribution in [1.29, 1.82) is 0 Å². The lowest BCUT2D eigenvalue weighted by atomic mass is 10.2. The van der Waals surface area contributed by atoms with Crippen LogP contribution in [0.1, 0.15) is 12.5 Å². The van der Waals surface area contributed by atoms with E-state index in [2.05, 4.69) is 21.2 Å². The molecule has 19 heavy (non-hydrogen) atoms. The molecule has 0 unspecified atom stereocenters. The van der Waals surface area contributed by atoms with Crippen LogP contribution in [0.3, 0.4) is 0 Å². The van der Waals surface area contributed by atoms with E-state index in [1.807, 2.05) is 26.1 Å². The highest BCUT2D eigenvalue weighted by atomic mass is 79.9. The fraction of sp³-hybridized carbons (Fsp3) is 0.385. The number of benzene rings is 1. The van der Waals surface area contributed by atoms with Crippen LogP contribution >= 0.6 is 39.1 Å². The molecule has 1 rings (SSSR count). The molecule has 1 aromatic carbocycles. The molecule has 0 atom stereocenters. The molecule has 0 aliphatic carbocycles. The van der Waals surface area contributed by atoms with Crippen LogP contribution in [-0.2, 0) is 6.54 Å². The number of hydrogen-bond acceptors (Lipinski definition) is 3. The fourth-order valence-corrected chi connectivity index (χ4v) is 2.22. The van der Waals surface area contributed by atoms with E-state index in [1.165, 1.54) is 5.54 Å². The van der Waals surface area contributed by atoms with Crippen LogP contribution in [0.25, 0.3) is 0 Å². The second kappa shape index (κ2) is 8.69. The van der Waals surface area contributed by atoms with E-state index in [-0.39, 0.29) is 6.61 Å². The normalized spacial score (nSPS) is 11.5. The molecule has 0 amide bonds. The third-order valence-electron chi connectivity index (χ3n) is 2.22. The maximum atomic E-state index is 5.82. The third kappa shape index (κ3) is 5.22. The van der Waals surface area contributed by atoms with Gasteiger partial charge in [0.1, 0.15) is 6.61 Å². The Hall–Kier alpha value is -0.420. The van der Waals surface area contributed by atoms with Crippen molar-refractivity contribution in [3.8, 4) is 11.5 Å².